The lowest BCUT2D eigenvalue weighted by Gasteiger charge is -2.64. The summed E-state index contributed by atoms with van der Waals surface area (Å²) in [5.74, 6) is 3.05. The van der Waals surface area contributed by atoms with Crippen molar-refractivity contribution in [2.75, 3.05) is 6.61 Å². The number of rotatable bonds is 8. The quantitative estimate of drug-likeness (QED) is 0.253. The van der Waals surface area contributed by atoms with Crippen molar-refractivity contribution in [1.29, 1.82) is 0 Å². The van der Waals surface area contributed by atoms with Gasteiger partial charge in [0.1, 0.15) is 0 Å². The van der Waals surface area contributed by atoms with Crippen molar-refractivity contribution in [2.24, 2.45) is 52.3 Å². The van der Waals surface area contributed by atoms with Gasteiger partial charge in [0.2, 0.25) is 0 Å². The van der Waals surface area contributed by atoms with Gasteiger partial charge in [0.25, 0.3) is 10.0 Å². The fraction of sp³-hybridized carbons (Fsp3) is 0.811. The van der Waals surface area contributed by atoms with Gasteiger partial charge >= 0.3 is 6.09 Å². The molecule has 8 heteroatoms. The summed E-state index contributed by atoms with van der Waals surface area (Å²) in [7, 11) is -4.00. The van der Waals surface area contributed by atoms with Crippen LogP contribution in [0.4, 0.5) is 4.79 Å². The molecule has 3 N–H and O–H groups in total. The maximum absolute atomic E-state index is 12.7. The van der Waals surface area contributed by atoms with Crippen molar-refractivity contribution in [3.8, 4) is 0 Å². The Morgan fingerprint density at radius 1 is 1.00 bits per heavy atom. The first-order valence-corrected chi connectivity index (χ1v) is 19.2. The van der Waals surface area contributed by atoms with Crippen molar-refractivity contribution in [2.45, 2.75) is 135 Å². The summed E-state index contributed by atoms with van der Waals surface area (Å²) in [6.45, 7) is 15.9. The van der Waals surface area contributed by atoms with Crippen LogP contribution in [-0.2, 0) is 20.2 Å². The molecule has 2 unspecified atom stereocenters. The number of aliphatic hydroxyl groups is 2. The molecular formula is C37H59NO6S. The zero-order valence-corrected chi connectivity index (χ0v) is 29.5. The second kappa shape index (κ2) is 12.8. The normalized spacial score (nSPS) is 38.9. The number of aliphatic hydroxyl groups excluding tert-OH is 2. The molecule has 0 saturated heterocycles. The maximum atomic E-state index is 12.7. The van der Waals surface area contributed by atoms with Crippen molar-refractivity contribution < 1.29 is 28.2 Å². The second-order valence-corrected chi connectivity index (χ2v) is 18.4. The summed E-state index contributed by atoms with van der Waals surface area (Å²) in [6.07, 6.45) is 8.60. The third kappa shape index (κ3) is 6.46. The predicted octanol–water partition coefficient (Wildman–Crippen LogP) is 7.44. The van der Waals surface area contributed by atoms with Crippen LogP contribution in [0, 0.1) is 52.3 Å². The monoisotopic (exact) mass is 645 g/mol. The van der Waals surface area contributed by atoms with Crippen LogP contribution in [-0.4, -0.2) is 43.5 Å². The van der Waals surface area contributed by atoms with Gasteiger partial charge < -0.3 is 14.9 Å². The lowest BCUT2D eigenvalue weighted by molar-refractivity contribution is -0.203. The molecule has 1 aromatic carbocycles. The number of carbonyl (C=O) groups excluding carboxylic acids is 1. The Morgan fingerprint density at radius 3 is 2.29 bits per heavy atom. The highest BCUT2D eigenvalue weighted by atomic mass is 32.2. The molecule has 0 aliphatic heterocycles. The van der Waals surface area contributed by atoms with E-state index in [1.807, 2.05) is 0 Å². The number of nitrogens with one attached hydrogen (secondary N) is 1. The minimum Gasteiger partial charge on any atom is -0.449 e. The zero-order valence-electron chi connectivity index (χ0n) is 28.7. The standard InChI is InChI=1S/C37H59NO6S/c1-8-27-31-22-25(39)17-19-37(31,7)30-18-20-36(6)28(15-16-29(36)32(30)33(27)40)23(2)10-9-21-44-34(41)38-45(42,43)26-13-11-24(12-14-26)35(3,4)5/h11-14,23,25,27-33,39-40H,8-10,15-22H2,1-7H3,(H,38,41)/t23-,25-,27-,28-,29?,30?,31+,32+,33-,36-,37-/m1/s1. The number of carbonyl (C=O) groups is 1. The summed E-state index contributed by atoms with van der Waals surface area (Å²) in [6, 6.07) is 6.59. The van der Waals surface area contributed by atoms with Crippen LogP contribution in [0.25, 0.3) is 0 Å². The highest BCUT2D eigenvalue weighted by Crippen LogP contribution is 2.69. The van der Waals surface area contributed by atoms with Crippen molar-refractivity contribution >= 4 is 16.1 Å². The molecule has 45 heavy (non-hydrogen) atoms. The summed E-state index contributed by atoms with van der Waals surface area (Å²) < 4.78 is 32.8. The van der Waals surface area contributed by atoms with Gasteiger partial charge in [0.15, 0.2) is 0 Å². The molecule has 0 aromatic heterocycles. The minimum atomic E-state index is -4.00. The van der Waals surface area contributed by atoms with Crippen LogP contribution >= 0.6 is 0 Å². The number of hydrogen-bond acceptors (Lipinski definition) is 6. The Labute approximate surface area is 272 Å². The van der Waals surface area contributed by atoms with E-state index < -0.39 is 16.1 Å². The largest absolute Gasteiger partial charge is 0.449 e. The molecule has 1 aromatic rings. The summed E-state index contributed by atoms with van der Waals surface area (Å²) in [5, 5.41) is 22.5. The Morgan fingerprint density at radius 2 is 1.64 bits per heavy atom. The zero-order chi connectivity index (χ0) is 32.9. The number of sulfonamides is 1. The van der Waals surface area contributed by atoms with E-state index >= 15 is 0 Å². The van der Waals surface area contributed by atoms with Crippen molar-refractivity contribution in [1.82, 2.24) is 4.72 Å². The van der Waals surface area contributed by atoms with Crippen LogP contribution in [0.2, 0.25) is 0 Å². The van der Waals surface area contributed by atoms with E-state index in [1.54, 1.807) is 12.1 Å². The highest BCUT2D eigenvalue weighted by Gasteiger charge is 2.64. The second-order valence-electron chi connectivity index (χ2n) is 16.8. The Hall–Kier alpha value is -1.64. The number of amides is 1. The van der Waals surface area contributed by atoms with E-state index in [1.165, 1.54) is 25.0 Å². The first-order valence-electron chi connectivity index (χ1n) is 17.7. The molecule has 0 radical (unpaired) electrons. The van der Waals surface area contributed by atoms with Crippen molar-refractivity contribution in [3.05, 3.63) is 29.8 Å². The lowest BCUT2D eigenvalue weighted by atomic mass is 9.41. The van der Waals surface area contributed by atoms with Crippen LogP contribution in [0.15, 0.2) is 29.2 Å². The van der Waals surface area contributed by atoms with E-state index in [0.717, 1.165) is 50.5 Å². The Bertz CT molecular complexity index is 1310. The number of ether oxygens (including phenoxy) is 1. The molecule has 1 amide bonds. The highest BCUT2D eigenvalue weighted by molar-refractivity contribution is 7.90. The average molecular weight is 646 g/mol. The Balaban J connectivity index is 1.15. The van der Waals surface area contributed by atoms with Crippen LogP contribution in [0.3, 0.4) is 0 Å². The predicted molar refractivity (Wildman–Crippen MR) is 177 cm³/mol. The van der Waals surface area contributed by atoms with E-state index in [-0.39, 0.29) is 45.9 Å². The fourth-order valence-electron chi connectivity index (χ4n) is 11.0. The molecule has 0 bridgehead atoms. The fourth-order valence-corrected chi connectivity index (χ4v) is 11.9. The molecule has 4 aliphatic carbocycles. The molecule has 0 heterocycles. The summed E-state index contributed by atoms with van der Waals surface area (Å²) in [5.41, 5.74) is 1.31. The Kier molecular flexibility index (Phi) is 9.84. The van der Waals surface area contributed by atoms with E-state index in [4.69, 9.17) is 4.74 Å². The van der Waals surface area contributed by atoms with Crippen LogP contribution < -0.4 is 4.72 Å². The molecule has 254 valence electrons. The van der Waals surface area contributed by atoms with Gasteiger partial charge in [-0.05, 0) is 133 Å². The first kappa shape index (κ1) is 34.7. The number of fused-ring (bicyclic) bond motifs is 5. The van der Waals surface area contributed by atoms with E-state index in [0.29, 0.717) is 41.9 Å². The van der Waals surface area contributed by atoms with Gasteiger partial charge in [-0.25, -0.2) is 17.9 Å². The SMILES string of the molecule is CC[C@H]1[C@@H](O)[C@H]2C3CC[C@H]([C@H](C)CCCOC(=O)NS(=O)(=O)c4ccc(C(C)(C)C)cc4)[C@@]3(C)CCC2[C@@]2(C)CC[C@@H](O)C[C@@H]12. The summed E-state index contributed by atoms with van der Waals surface area (Å²) >= 11 is 0. The van der Waals surface area contributed by atoms with Gasteiger partial charge in [-0.1, -0.05) is 67.0 Å². The maximum Gasteiger partial charge on any atom is 0.421 e. The van der Waals surface area contributed by atoms with Gasteiger partial charge in [-0.15, -0.1) is 0 Å². The third-order valence-electron chi connectivity index (χ3n) is 13.4. The first-order chi connectivity index (χ1) is 21.0. The summed E-state index contributed by atoms with van der Waals surface area (Å²) in [4.78, 5) is 12.4. The molecule has 7 nitrogen and oxygen atoms in total. The average Bonchev–Trinajstić information content (AvgIpc) is 3.33. The molecule has 11 atom stereocenters. The van der Waals surface area contributed by atoms with Crippen molar-refractivity contribution in [3.63, 3.8) is 0 Å². The van der Waals surface area contributed by atoms with E-state index in [2.05, 4.69) is 53.2 Å². The number of hydrogen-bond donors (Lipinski definition) is 3. The third-order valence-corrected chi connectivity index (χ3v) is 14.8. The topological polar surface area (TPSA) is 113 Å². The lowest BCUT2D eigenvalue weighted by Crippen LogP contribution is -2.62. The van der Waals surface area contributed by atoms with Gasteiger partial charge in [0.05, 0.1) is 23.7 Å². The molecule has 0 spiro atoms. The molecular weight excluding hydrogens is 586 g/mol. The molecule has 5 rings (SSSR count). The molecule has 4 fully saturated rings. The van der Waals surface area contributed by atoms with Crippen LogP contribution in [0.5, 0.6) is 0 Å². The van der Waals surface area contributed by atoms with Gasteiger partial charge in [-0.3, -0.25) is 0 Å². The van der Waals surface area contributed by atoms with Gasteiger partial charge in [0, 0.05) is 0 Å². The molecule has 4 saturated carbocycles. The van der Waals surface area contributed by atoms with Crippen LogP contribution in [0.1, 0.15) is 118 Å². The van der Waals surface area contributed by atoms with E-state index in [9.17, 15) is 23.4 Å². The number of benzene rings is 1. The minimum absolute atomic E-state index is 0.0405. The molecule has 4 aliphatic rings. The van der Waals surface area contributed by atoms with Gasteiger partial charge in [-0.2, -0.15) is 0 Å². The smallest absolute Gasteiger partial charge is 0.421 e.